The normalized spacial score (nSPS) is 27.1. The van der Waals surface area contributed by atoms with Gasteiger partial charge < -0.3 is 5.32 Å². The quantitative estimate of drug-likeness (QED) is 0.886. The molecular formula is C15H25N3. The summed E-state index contributed by atoms with van der Waals surface area (Å²) < 4.78 is 0. The molecule has 3 heteroatoms. The first-order chi connectivity index (χ1) is 8.72. The molecule has 3 nitrogen and oxygen atoms in total. The minimum Gasteiger partial charge on any atom is -0.311 e. The van der Waals surface area contributed by atoms with Gasteiger partial charge in [0.25, 0.3) is 0 Å². The molecule has 100 valence electrons. The summed E-state index contributed by atoms with van der Waals surface area (Å²) in [6.45, 7) is 9.04. The van der Waals surface area contributed by atoms with Gasteiger partial charge in [-0.1, -0.05) is 19.4 Å². The van der Waals surface area contributed by atoms with E-state index in [1.165, 1.54) is 18.5 Å². The van der Waals surface area contributed by atoms with Crippen LogP contribution >= 0.6 is 0 Å². The molecule has 1 aromatic rings. The molecule has 1 aliphatic heterocycles. The van der Waals surface area contributed by atoms with Gasteiger partial charge in [0.2, 0.25) is 0 Å². The van der Waals surface area contributed by atoms with Gasteiger partial charge in [0, 0.05) is 37.4 Å². The minimum absolute atomic E-state index is 0.405. The summed E-state index contributed by atoms with van der Waals surface area (Å²) in [5.74, 6) is 0. The second-order valence-electron chi connectivity index (χ2n) is 5.37. The number of hydrogen-bond donors (Lipinski definition) is 1. The van der Waals surface area contributed by atoms with E-state index in [1.54, 1.807) is 0 Å². The number of hydrogen-bond acceptors (Lipinski definition) is 3. The smallest absolute Gasteiger partial charge is 0.0572 e. The average molecular weight is 247 g/mol. The molecule has 1 N–H and O–H groups in total. The zero-order chi connectivity index (χ0) is 13.0. The van der Waals surface area contributed by atoms with Crippen LogP contribution in [0.3, 0.4) is 0 Å². The molecule has 1 aromatic heterocycles. The number of rotatable bonds is 4. The van der Waals surface area contributed by atoms with Crippen molar-refractivity contribution in [2.75, 3.05) is 13.1 Å². The van der Waals surface area contributed by atoms with Crippen LogP contribution in [-0.2, 0) is 0 Å². The van der Waals surface area contributed by atoms with E-state index in [-0.39, 0.29) is 0 Å². The number of pyridine rings is 1. The summed E-state index contributed by atoms with van der Waals surface area (Å²) in [5, 5.41) is 3.64. The topological polar surface area (TPSA) is 28.2 Å². The second-order valence-corrected chi connectivity index (χ2v) is 5.37. The molecule has 1 aliphatic rings. The van der Waals surface area contributed by atoms with Crippen molar-refractivity contribution < 1.29 is 0 Å². The molecule has 3 atom stereocenters. The van der Waals surface area contributed by atoms with Gasteiger partial charge in [0.1, 0.15) is 0 Å². The lowest BCUT2D eigenvalue weighted by Crippen LogP contribution is -2.55. The number of nitrogens with one attached hydrogen (secondary N) is 1. The Balaban J connectivity index is 2.05. The summed E-state index contributed by atoms with van der Waals surface area (Å²) >= 11 is 0. The van der Waals surface area contributed by atoms with Gasteiger partial charge in [-0.05, 0) is 32.4 Å². The molecule has 1 fully saturated rings. The third-order valence-corrected chi connectivity index (χ3v) is 3.95. The van der Waals surface area contributed by atoms with Gasteiger partial charge in [-0.15, -0.1) is 0 Å². The highest BCUT2D eigenvalue weighted by Crippen LogP contribution is 2.23. The summed E-state index contributed by atoms with van der Waals surface area (Å²) in [6.07, 6.45) is 4.40. The highest BCUT2D eigenvalue weighted by atomic mass is 15.3. The van der Waals surface area contributed by atoms with Crippen LogP contribution in [0.15, 0.2) is 24.4 Å². The van der Waals surface area contributed by atoms with Crippen molar-refractivity contribution in [2.45, 2.75) is 51.7 Å². The lowest BCUT2D eigenvalue weighted by atomic mass is 10.0. The second kappa shape index (κ2) is 6.30. The summed E-state index contributed by atoms with van der Waals surface area (Å²) in [7, 11) is 0. The van der Waals surface area contributed by atoms with Crippen molar-refractivity contribution in [1.29, 1.82) is 0 Å². The molecule has 2 heterocycles. The maximum Gasteiger partial charge on any atom is 0.0572 e. The molecule has 0 spiro atoms. The highest BCUT2D eigenvalue weighted by Gasteiger charge is 2.28. The van der Waals surface area contributed by atoms with Crippen LogP contribution in [0.5, 0.6) is 0 Å². The van der Waals surface area contributed by atoms with Gasteiger partial charge in [0.05, 0.1) is 5.69 Å². The standard InChI is InChI=1S/C15H25N3/c1-4-7-14-11-18(12(2)10-17-14)13(3)15-8-5-6-9-16-15/h5-6,8-9,12-14,17H,4,7,10-11H2,1-3H3. The lowest BCUT2D eigenvalue weighted by Gasteiger charge is -2.42. The molecule has 0 aromatic carbocycles. The third-order valence-electron chi connectivity index (χ3n) is 3.95. The van der Waals surface area contributed by atoms with Crippen LogP contribution in [0, 0.1) is 0 Å². The van der Waals surface area contributed by atoms with E-state index in [0.29, 0.717) is 18.1 Å². The molecule has 0 aliphatic carbocycles. The van der Waals surface area contributed by atoms with E-state index in [0.717, 1.165) is 13.1 Å². The first kappa shape index (κ1) is 13.5. The monoisotopic (exact) mass is 247 g/mol. The van der Waals surface area contributed by atoms with Crippen LogP contribution in [0.2, 0.25) is 0 Å². The zero-order valence-electron chi connectivity index (χ0n) is 11.8. The largest absolute Gasteiger partial charge is 0.311 e. The fraction of sp³-hybridized carbons (Fsp3) is 0.667. The lowest BCUT2D eigenvalue weighted by molar-refractivity contribution is 0.0940. The number of aromatic nitrogens is 1. The van der Waals surface area contributed by atoms with Crippen molar-refractivity contribution >= 4 is 0 Å². The van der Waals surface area contributed by atoms with Crippen LogP contribution in [-0.4, -0.2) is 35.1 Å². The molecule has 1 saturated heterocycles. The number of piperazine rings is 1. The summed E-state index contributed by atoms with van der Waals surface area (Å²) in [6, 6.07) is 7.82. The van der Waals surface area contributed by atoms with E-state index in [9.17, 15) is 0 Å². The van der Waals surface area contributed by atoms with Gasteiger partial charge >= 0.3 is 0 Å². The van der Waals surface area contributed by atoms with Crippen molar-refractivity contribution in [2.24, 2.45) is 0 Å². The Morgan fingerprint density at radius 3 is 3.00 bits per heavy atom. The van der Waals surface area contributed by atoms with Crippen molar-refractivity contribution in [3.63, 3.8) is 0 Å². The molecule has 0 saturated carbocycles. The van der Waals surface area contributed by atoms with Gasteiger partial charge in [-0.2, -0.15) is 0 Å². The van der Waals surface area contributed by atoms with Gasteiger partial charge in [0.15, 0.2) is 0 Å². The fourth-order valence-electron chi connectivity index (χ4n) is 2.83. The Bertz CT molecular complexity index is 352. The fourth-order valence-corrected chi connectivity index (χ4v) is 2.83. The summed E-state index contributed by atoms with van der Waals surface area (Å²) in [4.78, 5) is 7.08. The first-order valence-electron chi connectivity index (χ1n) is 7.12. The third kappa shape index (κ3) is 3.09. The van der Waals surface area contributed by atoms with E-state index in [1.807, 2.05) is 12.3 Å². The molecule has 2 rings (SSSR count). The van der Waals surface area contributed by atoms with Crippen LogP contribution in [0.1, 0.15) is 45.3 Å². The van der Waals surface area contributed by atoms with Crippen LogP contribution in [0.4, 0.5) is 0 Å². The van der Waals surface area contributed by atoms with Gasteiger partial charge in [-0.25, -0.2) is 0 Å². The van der Waals surface area contributed by atoms with E-state index >= 15 is 0 Å². The van der Waals surface area contributed by atoms with Gasteiger partial charge in [-0.3, -0.25) is 9.88 Å². The molecule has 3 unspecified atom stereocenters. The SMILES string of the molecule is CCCC1CN(C(C)c2ccccn2)C(C)CN1. The minimum atomic E-state index is 0.405. The maximum absolute atomic E-state index is 4.50. The Labute approximate surface area is 111 Å². The predicted octanol–water partition coefficient (Wildman–Crippen LogP) is 2.61. The molecule has 0 bridgehead atoms. The zero-order valence-corrected chi connectivity index (χ0v) is 11.8. The maximum atomic E-state index is 4.50. The Morgan fingerprint density at radius 2 is 2.33 bits per heavy atom. The van der Waals surface area contributed by atoms with Crippen LogP contribution in [0.25, 0.3) is 0 Å². The number of nitrogens with zero attached hydrogens (tertiary/aromatic N) is 2. The van der Waals surface area contributed by atoms with E-state index in [2.05, 4.69) is 48.1 Å². The predicted molar refractivity (Wildman–Crippen MR) is 75.5 cm³/mol. The molecule has 18 heavy (non-hydrogen) atoms. The van der Waals surface area contributed by atoms with E-state index < -0.39 is 0 Å². The Kier molecular flexibility index (Phi) is 4.72. The molecular weight excluding hydrogens is 222 g/mol. The molecule has 0 radical (unpaired) electrons. The van der Waals surface area contributed by atoms with Crippen molar-refractivity contribution in [3.05, 3.63) is 30.1 Å². The Morgan fingerprint density at radius 1 is 1.50 bits per heavy atom. The highest BCUT2D eigenvalue weighted by molar-refractivity contribution is 5.09. The van der Waals surface area contributed by atoms with Crippen molar-refractivity contribution in [3.8, 4) is 0 Å². The van der Waals surface area contributed by atoms with Crippen LogP contribution < -0.4 is 5.32 Å². The average Bonchev–Trinajstić information content (AvgIpc) is 2.41. The molecule has 0 amide bonds. The first-order valence-corrected chi connectivity index (χ1v) is 7.12. The summed E-state index contributed by atoms with van der Waals surface area (Å²) in [5.41, 5.74) is 1.18. The van der Waals surface area contributed by atoms with E-state index in [4.69, 9.17) is 0 Å². The van der Waals surface area contributed by atoms with Crippen molar-refractivity contribution in [1.82, 2.24) is 15.2 Å². The Hall–Kier alpha value is -0.930.